The van der Waals surface area contributed by atoms with Crippen LogP contribution in [0.2, 0.25) is 0 Å². The molecule has 4 nitrogen and oxygen atoms in total. The van der Waals surface area contributed by atoms with Crippen LogP contribution in [0.15, 0.2) is 176 Å². The van der Waals surface area contributed by atoms with Crippen LogP contribution >= 0.6 is 0 Å². The van der Waals surface area contributed by atoms with Crippen LogP contribution < -0.4 is 0 Å². The lowest BCUT2D eigenvalue weighted by atomic mass is 9.99. The van der Waals surface area contributed by atoms with Gasteiger partial charge in [0, 0.05) is 33.5 Å². The van der Waals surface area contributed by atoms with Crippen molar-refractivity contribution in [3.8, 4) is 39.6 Å². The van der Waals surface area contributed by atoms with Gasteiger partial charge in [-0.3, -0.25) is 0 Å². The Morgan fingerprint density at radius 2 is 1.06 bits per heavy atom. The van der Waals surface area contributed by atoms with E-state index >= 15 is 0 Å². The van der Waals surface area contributed by atoms with E-state index in [2.05, 4.69) is 162 Å². The van der Waals surface area contributed by atoms with Crippen molar-refractivity contribution in [1.82, 2.24) is 19.5 Å². The summed E-state index contributed by atoms with van der Waals surface area (Å²) in [5.41, 5.74) is 7.69. The number of hydrogen-bond acceptors (Lipinski definition) is 3. The number of hydrogen-bond donors (Lipinski definition) is 0. The smallest absolute Gasteiger partial charge is 0.163 e. The molecular weight excluding hydrogens is 621 g/mol. The molecular formula is C47H32N4. The van der Waals surface area contributed by atoms with Crippen molar-refractivity contribution in [2.45, 2.75) is 12.3 Å². The van der Waals surface area contributed by atoms with Gasteiger partial charge in [-0.2, -0.15) is 0 Å². The van der Waals surface area contributed by atoms with Gasteiger partial charge in [-0.1, -0.05) is 146 Å². The first kappa shape index (κ1) is 29.3. The second-order valence-corrected chi connectivity index (χ2v) is 13.2. The number of fused-ring (bicyclic) bond motifs is 7. The standard InChI is InChI=1S/C47H32N4/c1-3-15-33(16-4-1)45-48-46(34-17-5-2-6-18-34)50-47(49-45)37-21-11-19-35(29-37)36-20-12-22-38(30-36)51-41-27-25-31-13-7-9-23-39(31)43(41)44-40-24-10-8-14-32(40)26-28-42(44)51/h1-17,19-30,34H,18H2. The van der Waals surface area contributed by atoms with E-state index in [1.54, 1.807) is 0 Å². The molecule has 2 heterocycles. The summed E-state index contributed by atoms with van der Waals surface area (Å²) in [6, 6.07) is 54.1. The summed E-state index contributed by atoms with van der Waals surface area (Å²) in [6.45, 7) is 0. The Hall–Kier alpha value is -6.65. The molecule has 0 N–H and O–H groups in total. The van der Waals surface area contributed by atoms with Crippen molar-refractivity contribution >= 4 is 43.4 Å². The fourth-order valence-corrected chi connectivity index (χ4v) is 7.66. The molecule has 1 aliphatic carbocycles. The van der Waals surface area contributed by atoms with Gasteiger partial charge in [0.05, 0.1) is 11.0 Å². The Morgan fingerprint density at radius 3 is 1.75 bits per heavy atom. The highest BCUT2D eigenvalue weighted by molar-refractivity contribution is 6.28. The molecule has 4 heteroatoms. The number of nitrogens with zero attached hydrogens (tertiary/aromatic N) is 4. The van der Waals surface area contributed by atoms with Gasteiger partial charge in [0.2, 0.25) is 0 Å². The Labute approximate surface area is 295 Å². The first-order chi connectivity index (χ1) is 25.3. The van der Waals surface area contributed by atoms with E-state index in [4.69, 9.17) is 15.0 Å². The third-order valence-corrected chi connectivity index (χ3v) is 10.1. The van der Waals surface area contributed by atoms with E-state index in [9.17, 15) is 0 Å². The summed E-state index contributed by atoms with van der Waals surface area (Å²) < 4.78 is 2.42. The van der Waals surface area contributed by atoms with E-state index in [0.717, 1.165) is 40.2 Å². The summed E-state index contributed by atoms with van der Waals surface area (Å²) in [5.74, 6) is 2.27. The third kappa shape index (κ3) is 5.03. The predicted molar refractivity (Wildman–Crippen MR) is 211 cm³/mol. The van der Waals surface area contributed by atoms with Crippen molar-refractivity contribution in [2.75, 3.05) is 0 Å². The number of benzene rings is 7. The van der Waals surface area contributed by atoms with Crippen LogP contribution in [0.25, 0.3) is 82.9 Å². The first-order valence-electron chi connectivity index (χ1n) is 17.5. The molecule has 0 aliphatic heterocycles. The highest BCUT2D eigenvalue weighted by Gasteiger charge is 2.19. The van der Waals surface area contributed by atoms with Crippen molar-refractivity contribution in [3.63, 3.8) is 0 Å². The largest absolute Gasteiger partial charge is 0.309 e. The zero-order valence-corrected chi connectivity index (χ0v) is 27.8. The van der Waals surface area contributed by atoms with Crippen LogP contribution in [0.4, 0.5) is 0 Å². The Morgan fingerprint density at radius 1 is 0.471 bits per heavy atom. The fraction of sp³-hybridized carbons (Fsp3) is 0.0426. The molecule has 10 rings (SSSR count). The second-order valence-electron chi connectivity index (χ2n) is 13.2. The molecule has 0 amide bonds. The van der Waals surface area contributed by atoms with E-state index in [0.29, 0.717) is 11.6 Å². The lowest BCUT2D eigenvalue weighted by Crippen LogP contribution is -2.07. The summed E-state index contributed by atoms with van der Waals surface area (Å²) in [4.78, 5) is 15.0. The van der Waals surface area contributed by atoms with Crippen LogP contribution in [0.1, 0.15) is 18.2 Å². The topological polar surface area (TPSA) is 43.6 Å². The Bertz CT molecular complexity index is 2750. The maximum atomic E-state index is 5.05. The molecule has 0 fully saturated rings. The molecule has 240 valence electrons. The number of allylic oxidation sites excluding steroid dienone is 4. The zero-order chi connectivity index (χ0) is 33.7. The van der Waals surface area contributed by atoms with Crippen LogP contribution in [0, 0.1) is 0 Å². The average Bonchev–Trinajstić information content (AvgIpc) is 3.57. The minimum atomic E-state index is 0.111. The summed E-state index contributed by atoms with van der Waals surface area (Å²) >= 11 is 0. The molecule has 1 unspecified atom stereocenters. The molecule has 7 aromatic carbocycles. The fourth-order valence-electron chi connectivity index (χ4n) is 7.66. The summed E-state index contributed by atoms with van der Waals surface area (Å²) in [6.07, 6.45) is 9.38. The van der Waals surface area contributed by atoms with Gasteiger partial charge in [0.15, 0.2) is 11.6 Å². The highest BCUT2D eigenvalue weighted by atomic mass is 15.0. The van der Waals surface area contributed by atoms with Gasteiger partial charge >= 0.3 is 0 Å². The molecule has 2 aromatic heterocycles. The quantitative estimate of drug-likeness (QED) is 0.186. The maximum absolute atomic E-state index is 5.05. The lowest BCUT2D eigenvalue weighted by molar-refractivity contribution is 0.764. The van der Waals surface area contributed by atoms with Crippen LogP contribution in [0.3, 0.4) is 0 Å². The first-order valence-corrected chi connectivity index (χ1v) is 17.5. The van der Waals surface area contributed by atoms with Crippen molar-refractivity contribution in [1.29, 1.82) is 0 Å². The Kier molecular flexibility index (Phi) is 6.91. The van der Waals surface area contributed by atoms with Crippen LogP contribution in [-0.2, 0) is 0 Å². The van der Waals surface area contributed by atoms with E-state index < -0.39 is 0 Å². The van der Waals surface area contributed by atoms with E-state index in [1.165, 1.54) is 43.4 Å². The Balaban J connectivity index is 1.13. The van der Waals surface area contributed by atoms with Gasteiger partial charge < -0.3 is 4.57 Å². The van der Waals surface area contributed by atoms with Gasteiger partial charge in [-0.15, -0.1) is 0 Å². The van der Waals surface area contributed by atoms with Gasteiger partial charge in [0.25, 0.3) is 0 Å². The lowest BCUT2D eigenvalue weighted by Gasteiger charge is -2.15. The highest BCUT2D eigenvalue weighted by Crippen LogP contribution is 2.41. The van der Waals surface area contributed by atoms with E-state index in [1.807, 2.05) is 18.2 Å². The second kappa shape index (κ2) is 12.0. The predicted octanol–water partition coefficient (Wildman–Crippen LogP) is 11.9. The van der Waals surface area contributed by atoms with Gasteiger partial charge in [-0.05, 0) is 69.4 Å². The van der Waals surface area contributed by atoms with Crippen molar-refractivity contribution in [3.05, 3.63) is 182 Å². The average molecular weight is 653 g/mol. The molecule has 1 atom stereocenters. The van der Waals surface area contributed by atoms with Crippen molar-refractivity contribution in [2.24, 2.45) is 0 Å². The summed E-state index contributed by atoms with van der Waals surface area (Å²) in [5, 5.41) is 7.60. The van der Waals surface area contributed by atoms with E-state index in [-0.39, 0.29) is 5.92 Å². The normalized spacial score (nSPS) is 14.2. The molecule has 0 bridgehead atoms. The third-order valence-electron chi connectivity index (χ3n) is 10.1. The molecule has 0 saturated carbocycles. The zero-order valence-electron chi connectivity index (χ0n) is 27.8. The van der Waals surface area contributed by atoms with Gasteiger partial charge in [0.1, 0.15) is 5.82 Å². The van der Waals surface area contributed by atoms with Crippen molar-refractivity contribution < 1.29 is 0 Å². The van der Waals surface area contributed by atoms with Gasteiger partial charge in [-0.25, -0.2) is 15.0 Å². The number of rotatable bonds is 5. The SMILES string of the molecule is C1=CCC(c2nc(-c3ccccc3)nc(-c3cccc(-c4cccc(-n5c6ccc7ccccc7c6c6c7ccccc7ccc65)c4)c3)n2)C=C1. The molecule has 51 heavy (non-hydrogen) atoms. The molecule has 9 aromatic rings. The van der Waals surface area contributed by atoms with Crippen LogP contribution in [-0.4, -0.2) is 19.5 Å². The minimum absolute atomic E-state index is 0.111. The summed E-state index contributed by atoms with van der Waals surface area (Å²) in [7, 11) is 0. The molecule has 0 spiro atoms. The molecule has 0 saturated heterocycles. The monoisotopic (exact) mass is 652 g/mol. The molecule has 0 radical (unpaired) electrons. The minimum Gasteiger partial charge on any atom is -0.309 e. The number of aromatic nitrogens is 4. The maximum Gasteiger partial charge on any atom is 0.163 e. The molecule has 1 aliphatic rings. The van der Waals surface area contributed by atoms with Crippen LogP contribution in [0.5, 0.6) is 0 Å².